The number of nitrogens with two attached hydrogens (primary N) is 1. The van der Waals surface area contributed by atoms with Crippen molar-refractivity contribution in [2.24, 2.45) is 5.73 Å². The number of carbonyl (C=O) groups is 2. The van der Waals surface area contributed by atoms with Gasteiger partial charge in [-0.2, -0.15) is 0 Å². The number of amides is 2. The van der Waals surface area contributed by atoms with E-state index in [2.05, 4.69) is 5.32 Å². The number of nitrogens with one attached hydrogen (secondary N) is 2. The normalized spacial score (nSPS) is 12.6. The molecule has 0 spiro atoms. The van der Waals surface area contributed by atoms with Crippen LogP contribution in [0.25, 0.3) is 0 Å². The van der Waals surface area contributed by atoms with Gasteiger partial charge in [-0.25, -0.2) is 5.48 Å². The summed E-state index contributed by atoms with van der Waals surface area (Å²) in [5.41, 5.74) is 7.63. The zero-order valence-electron chi connectivity index (χ0n) is 12.3. The molecule has 5 N–H and O–H groups in total. The lowest BCUT2D eigenvalue weighted by atomic mass is 9.95. The molecule has 7 heteroatoms. The summed E-state index contributed by atoms with van der Waals surface area (Å²) in [4.78, 5) is 23.7. The summed E-state index contributed by atoms with van der Waals surface area (Å²) < 4.78 is 4.99. The van der Waals surface area contributed by atoms with Crippen LogP contribution in [0.2, 0.25) is 0 Å². The standard InChI is InChI=1S/C14H21N3O4/c1-14(2,15)11(13(19)17-20)16-12(18)10-6-4-9(5-7-10)8-21-3/h4-7,11,20H,8,15H2,1-3H3,(H,16,18)(H,17,19)/t11-/m1/s1. The van der Waals surface area contributed by atoms with Crippen LogP contribution in [0.5, 0.6) is 0 Å². The van der Waals surface area contributed by atoms with Gasteiger partial charge in [0.05, 0.1) is 6.61 Å². The van der Waals surface area contributed by atoms with E-state index < -0.39 is 23.4 Å². The first-order valence-electron chi connectivity index (χ1n) is 6.41. The summed E-state index contributed by atoms with van der Waals surface area (Å²) in [7, 11) is 1.59. The molecule has 0 saturated heterocycles. The van der Waals surface area contributed by atoms with Gasteiger partial charge in [0.25, 0.3) is 11.8 Å². The van der Waals surface area contributed by atoms with Gasteiger partial charge < -0.3 is 15.8 Å². The summed E-state index contributed by atoms with van der Waals surface area (Å²) in [6, 6.07) is 5.70. The summed E-state index contributed by atoms with van der Waals surface area (Å²) in [5, 5.41) is 11.2. The number of carbonyl (C=O) groups excluding carboxylic acids is 2. The average molecular weight is 295 g/mol. The molecule has 1 aromatic carbocycles. The third-order valence-electron chi connectivity index (χ3n) is 2.92. The van der Waals surface area contributed by atoms with Gasteiger partial charge in [-0.15, -0.1) is 0 Å². The van der Waals surface area contributed by atoms with Crippen LogP contribution in [0.1, 0.15) is 29.8 Å². The van der Waals surface area contributed by atoms with Gasteiger partial charge in [-0.05, 0) is 31.5 Å². The predicted octanol–water partition coefficient (Wildman–Crippen LogP) is 0.174. The molecular weight excluding hydrogens is 274 g/mol. The summed E-state index contributed by atoms with van der Waals surface area (Å²) in [6.07, 6.45) is 0. The number of hydroxylamine groups is 1. The van der Waals surface area contributed by atoms with Gasteiger partial charge in [0.2, 0.25) is 0 Å². The molecule has 0 aliphatic carbocycles. The van der Waals surface area contributed by atoms with Crippen molar-refractivity contribution in [1.29, 1.82) is 0 Å². The number of rotatable bonds is 6. The first-order valence-corrected chi connectivity index (χ1v) is 6.41. The van der Waals surface area contributed by atoms with Crippen LogP contribution in [-0.4, -0.2) is 35.7 Å². The highest BCUT2D eigenvalue weighted by molar-refractivity contribution is 5.97. The molecule has 0 aromatic heterocycles. The van der Waals surface area contributed by atoms with E-state index >= 15 is 0 Å². The Morgan fingerprint density at radius 2 is 1.90 bits per heavy atom. The fourth-order valence-electron chi connectivity index (χ4n) is 1.79. The van der Waals surface area contributed by atoms with Crippen LogP contribution in [0.3, 0.4) is 0 Å². The molecule has 1 aromatic rings. The van der Waals surface area contributed by atoms with Gasteiger partial charge in [0.1, 0.15) is 6.04 Å². The van der Waals surface area contributed by atoms with Crippen LogP contribution in [0, 0.1) is 0 Å². The Hall–Kier alpha value is -1.96. The maximum Gasteiger partial charge on any atom is 0.267 e. The third-order valence-corrected chi connectivity index (χ3v) is 2.92. The molecule has 7 nitrogen and oxygen atoms in total. The van der Waals surface area contributed by atoms with Gasteiger partial charge >= 0.3 is 0 Å². The van der Waals surface area contributed by atoms with Crippen LogP contribution >= 0.6 is 0 Å². The van der Waals surface area contributed by atoms with Crippen molar-refractivity contribution in [3.63, 3.8) is 0 Å². The number of hydrogen-bond donors (Lipinski definition) is 4. The Bertz CT molecular complexity index is 494. The molecule has 21 heavy (non-hydrogen) atoms. The largest absolute Gasteiger partial charge is 0.380 e. The number of methoxy groups -OCH3 is 1. The van der Waals surface area contributed by atoms with Gasteiger partial charge in [-0.1, -0.05) is 12.1 Å². The predicted molar refractivity (Wildman–Crippen MR) is 76.6 cm³/mol. The van der Waals surface area contributed by atoms with Gasteiger partial charge in [0.15, 0.2) is 0 Å². The number of benzene rings is 1. The van der Waals surface area contributed by atoms with Crippen molar-refractivity contribution >= 4 is 11.8 Å². The highest BCUT2D eigenvalue weighted by atomic mass is 16.5. The van der Waals surface area contributed by atoms with E-state index in [1.54, 1.807) is 45.2 Å². The van der Waals surface area contributed by atoms with Crippen LogP contribution in [0.15, 0.2) is 24.3 Å². The molecule has 1 rings (SSSR count). The Labute approximate surface area is 123 Å². The number of hydrogen-bond acceptors (Lipinski definition) is 5. The average Bonchev–Trinajstić information content (AvgIpc) is 2.43. The fraction of sp³-hybridized carbons (Fsp3) is 0.429. The number of ether oxygens (including phenoxy) is 1. The Morgan fingerprint density at radius 3 is 2.33 bits per heavy atom. The van der Waals surface area contributed by atoms with E-state index in [1.165, 1.54) is 5.48 Å². The van der Waals surface area contributed by atoms with Crippen LogP contribution in [-0.2, 0) is 16.1 Å². The lowest BCUT2D eigenvalue weighted by molar-refractivity contribution is -0.132. The molecule has 0 heterocycles. The minimum Gasteiger partial charge on any atom is -0.380 e. The quantitative estimate of drug-likeness (QED) is 0.441. The van der Waals surface area contributed by atoms with E-state index in [-0.39, 0.29) is 0 Å². The van der Waals surface area contributed by atoms with E-state index in [4.69, 9.17) is 15.7 Å². The van der Waals surface area contributed by atoms with Crippen molar-refractivity contribution < 1.29 is 19.5 Å². The Morgan fingerprint density at radius 1 is 1.33 bits per heavy atom. The minimum atomic E-state index is -1.06. The van der Waals surface area contributed by atoms with Crippen LogP contribution < -0.4 is 16.5 Å². The van der Waals surface area contributed by atoms with Crippen LogP contribution in [0.4, 0.5) is 0 Å². The maximum absolute atomic E-state index is 12.1. The molecule has 0 aliphatic rings. The molecule has 0 unspecified atom stereocenters. The van der Waals surface area contributed by atoms with Crippen molar-refractivity contribution in [3.05, 3.63) is 35.4 Å². The summed E-state index contributed by atoms with van der Waals surface area (Å²) in [5.74, 6) is -1.22. The molecule has 0 saturated carbocycles. The second kappa shape index (κ2) is 7.16. The van der Waals surface area contributed by atoms with Crippen molar-refractivity contribution in [2.45, 2.75) is 32.0 Å². The molecule has 1 atom stereocenters. The minimum absolute atomic E-state index is 0.384. The Kier molecular flexibility index (Phi) is 5.83. The van der Waals surface area contributed by atoms with Gasteiger partial charge in [-0.3, -0.25) is 14.8 Å². The smallest absolute Gasteiger partial charge is 0.267 e. The van der Waals surface area contributed by atoms with E-state index in [9.17, 15) is 9.59 Å². The van der Waals surface area contributed by atoms with Crippen molar-refractivity contribution in [2.75, 3.05) is 7.11 Å². The zero-order chi connectivity index (χ0) is 16.0. The first-order chi connectivity index (χ1) is 9.79. The monoisotopic (exact) mass is 295 g/mol. The topological polar surface area (TPSA) is 114 Å². The first kappa shape index (κ1) is 17.1. The highest BCUT2D eigenvalue weighted by Crippen LogP contribution is 2.09. The molecular formula is C14H21N3O4. The lowest BCUT2D eigenvalue weighted by Crippen LogP contribution is -2.61. The molecule has 0 fully saturated rings. The summed E-state index contributed by atoms with van der Waals surface area (Å²) >= 11 is 0. The third kappa shape index (κ3) is 4.82. The highest BCUT2D eigenvalue weighted by Gasteiger charge is 2.33. The zero-order valence-corrected chi connectivity index (χ0v) is 12.3. The summed E-state index contributed by atoms with van der Waals surface area (Å²) in [6.45, 7) is 3.61. The molecule has 2 amide bonds. The van der Waals surface area contributed by atoms with E-state index in [0.29, 0.717) is 12.2 Å². The van der Waals surface area contributed by atoms with Crippen molar-refractivity contribution in [1.82, 2.24) is 10.8 Å². The molecule has 116 valence electrons. The molecule has 0 radical (unpaired) electrons. The fourth-order valence-corrected chi connectivity index (χ4v) is 1.79. The maximum atomic E-state index is 12.1. The van der Waals surface area contributed by atoms with E-state index in [0.717, 1.165) is 5.56 Å². The second-order valence-corrected chi connectivity index (χ2v) is 5.33. The Balaban J connectivity index is 2.84. The van der Waals surface area contributed by atoms with Crippen molar-refractivity contribution in [3.8, 4) is 0 Å². The van der Waals surface area contributed by atoms with E-state index in [1.807, 2.05) is 0 Å². The van der Waals surface area contributed by atoms with Gasteiger partial charge in [0, 0.05) is 18.2 Å². The molecule has 0 aliphatic heterocycles. The molecule has 0 bridgehead atoms. The lowest BCUT2D eigenvalue weighted by Gasteiger charge is -2.29. The second-order valence-electron chi connectivity index (χ2n) is 5.33. The SMILES string of the molecule is COCc1ccc(C(=O)N[C@H](C(=O)NO)C(C)(C)N)cc1.